The van der Waals surface area contributed by atoms with Crippen LogP contribution < -0.4 is 20.3 Å². The van der Waals surface area contributed by atoms with Crippen molar-refractivity contribution < 1.29 is 48.7 Å². The summed E-state index contributed by atoms with van der Waals surface area (Å²) in [6.07, 6.45) is -0.962. The Bertz CT molecular complexity index is 1820. The summed E-state index contributed by atoms with van der Waals surface area (Å²) in [6, 6.07) is 23.3. The van der Waals surface area contributed by atoms with Crippen LogP contribution in [0.2, 0.25) is 0 Å². The number of phenolic OH excluding ortho intramolecular Hbond substituents is 1. The first-order valence-corrected chi connectivity index (χ1v) is 16.5. The third kappa shape index (κ3) is 8.40. The molecular weight excluding hydrogens is 669 g/mol. The lowest BCUT2D eigenvalue weighted by atomic mass is 9.91. The molecule has 1 aliphatic rings. The summed E-state index contributed by atoms with van der Waals surface area (Å²) in [6.45, 7) is -1.43. The number of carbonyl (C=O) groups excluding carboxylic acids is 3. The van der Waals surface area contributed by atoms with Crippen molar-refractivity contribution in [2.45, 2.75) is 29.5 Å². The van der Waals surface area contributed by atoms with Crippen LogP contribution in [0.4, 0.5) is 10.1 Å². The fourth-order valence-corrected chi connectivity index (χ4v) is 6.67. The Morgan fingerprint density at radius 2 is 1.56 bits per heavy atom. The van der Waals surface area contributed by atoms with Crippen LogP contribution in [0, 0.1) is 5.82 Å². The summed E-state index contributed by atoms with van der Waals surface area (Å²) in [5, 5.41) is 44.4. The number of anilines is 1. The first kappa shape index (κ1) is 35.9. The maximum atomic E-state index is 13.4. The predicted octanol–water partition coefficient (Wildman–Crippen LogP) is 3.25. The number of halogens is 1. The van der Waals surface area contributed by atoms with Gasteiger partial charge in [0.05, 0.1) is 18.8 Å². The molecule has 260 valence electrons. The number of phenols is 1. The van der Waals surface area contributed by atoms with Gasteiger partial charge in [0.25, 0.3) is 5.91 Å². The van der Waals surface area contributed by atoms with Crippen molar-refractivity contribution in [3.8, 4) is 11.5 Å². The van der Waals surface area contributed by atoms with Crippen molar-refractivity contribution >= 4 is 41.1 Å². The van der Waals surface area contributed by atoms with Crippen LogP contribution in [0.25, 0.3) is 0 Å². The Hall–Kier alpha value is -5.44. The first-order chi connectivity index (χ1) is 24.1. The van der Waals surface area contributed by atoms with Crippen LogP contribution in [0.1, 0.15) is 34.9 Å². The molecule has 14 heteroatoms. The Labute approximate surface area is 290 Å². The van der Waals surface area contributed by atoms with Crippen LogP contribution in [-0.4, -0.2) is 74.4 Å². The molecule has 4 aromatic rings. The minimum Gasteiger partial charge on any atom is -0.507 e. The van der Waals surface area contributed by atoms with E-state index in [1.165, 1.54) is 48.2 Å². The second kappa shape index (κ2) is 16.3. The smallest absolute Gasteiger partial charge is 0.328 e. The van der Waals surface area contributed by atoms with E-state index in [9.17, 15) is 44.0 Å². The molecule has 1 heterocycles. The van der Waals surface area contributed by atoms with Gasteiger partial charge in [0.1, 0.15) is 34.6 Å². The number of nitrogens with one attached hydrogen (secondary N) is 2. The third-order valence-corrected chi connectivity index (χ3v) is 9.28. The summed E-state index contributed by atoms with van der Waals surface area (Å²) in [5.74, 6) is -3.66. The van der Waals surface area contributed by atoms with Gasteiger partial charge in [-0.05, 0) is 47.5 Å². The number of rotatable bonds is 15. The number of hydrogen-bond acceptors (Lipinski definition) is 9. The minimum absolute atomic E-state index is 0.112. The summed E-state index contributed by atoms with van der Waals surface area (Å²) < 4.78 is 19.0. The highest BCUT2D eigenvalue weighted by Crippen LogP contribution is 2.48. The largest absolute Gasteiger partial charge is 0.507 e. The molecular formula is C36H34FN3O9S. The average Bonchev–Trinajstić information content (AvgIpc) is 3.12. The van der Waals surface area contributed by atoms with Crippen LogP contribution in [-0.2, 0) is 19.2 Å². The van der Waals surface area contributed by atoms with Crippen LogP contribution in [0.5, 0.6) is 11.5 Å². The number of aliphatic hydroxyl groups is 2. The lowest BCUT2D eigenvalue weighted by Gasteiger charge is -2.47. The van der Waals surface area contributed by atoms with E-state index in [0.717, 1.165) is 0 Å². The number of nitrogens with zero attached hydrogens (tertiary/aromatic N) is 1. The van der Waals surface area contributed by atoms with E-state index < -0.39 is 66.3 Å². The summed E-state index contributed by atoms with van der Waals surface area (Å²) in [7, 11) is 0. The van der Waals surface area contributed by atoms with Gasteiger partial charge in [-0.25, -0.2) is 9.18 Å². The number of benzene rings is 4. The molecule has 3 unspecified atom stereocenters. The highest BCUT2D eigenvalue weighted by molar-refractivity contribution is 8.00. The Kier molecular flexibility index (Phi) is 11.7. The van der Waals surface area contributed by atoms with Gasteiger partial charge in [-0.1, -0.05) is 60.7 Å². The molecule has 50 heavy (non-hydrogen) atoms. The van der Waals surface area contributed by atoms with Crippen molar-refractivity contribution in [3.63, 3.8) is 0 Å². The molecule has 6 N–H and O–H groups in total. The van der Waals surface area contributed by atoms with Crippen LogP contribution in [0.3, 0.4) is 0 Å². The maximum absolute atomic E-state index is 13.4. The SMILES string of the molecule is O=C(COc1ccc(C2C(SCC(O)c3ccc(F)cc3)C(=O)N2c2ccccc2)c(O)c1)N[C@@H](C(=O)N[C@H](CO)C(=O)O)c1ccccc1. The number of ether oxygens (including phenoxy) is 1. The highest BCUT2D eigenvalue weighted by Gasteiger charge is 2.50. The number of amides is 3. The normalized spacial score (nSPS) is 17.2. The average molecular weight is 704 g/mol. The van der Waals surface area contributed by atoms with E-state index in [-0.39, 0.29) is 23.2 Å². The van der Waals surface area contributed by atoms with E-state index in [1.807, 2.05) is 6.07 Å². The highest BCUT2D eigenvalue weighted by atomic mass is 32.2. The van der Waals surface area contributed by atoms with Gasteiger partial charge in [-0.3, -0.25) is 14.4 Å². The predicted molar refractivity (Wildman–Crippen MR) is 182 cm³/mol. The summed E-state index contributed by atoms with van der Waals surface area (Å²) in [4.78, 5) is 52.1. The van der Waals surface area contributed by atoms with Crippen LogP contribution >= 0.6 is 11.8 Å². The van der Waals surface area contributed by atoms with E-state index in [0.29, 0.717) is 22.4 Å². The fraction of sp³-hybridized carbons (Fsp3) is 0.222. The number of carboxylic acids is 1. The molecule has 0 radical (unpaired) electrons. The molecule has 0 saturated carbocycles. The quantitative estimate of drug-likeness (QED) is 0.100. The number of aliphatic hydroxyl groups excluding tert-OH is 2. The monoisotopic (exact) mass is 703 g/mol. The molecule has 4 aromatic carbocycles. The topological polar surface area (TPSA) is 186 Å². The van der Waals surface area contributed by atoms with Crippen molar-refractivity contribution in [2.24, 2.45) is 0 Å². The van der Waals surface area contributed by atoms with E-state index in [2.05, 4.69) is 10.6 Å². The van der Waals surface area contributed by atoms with Gasteiger partial charge in [-0.2, -0.15) is 0 Å². The molecule has 1 saturated heterocycles. The maximum Gasteiger partial charge on any atom is 0.328 e. The number of para-hydroxylation sites is 1. The van der Waals surface area contributed by atoms with E-state index in [4.69, 9.17) is 4.74 Å². The van der Waals surface area contributed by atoms with Gasteiger partial charge < -0.3 is 40.7 Å². The number of aromatic hydroxyl groups is 1. The molecule has 0 aliphatic carbocycles. The summed E-state index contributed by atoms with van der Waals surface area (Å²) in [5.41, 5.74) is 1.87. The number of β-lactam (4-membered cyclic amide) rings is 1. The van der Waals surface area contributed by atoms with Crippen molar-refractivity contribution in [2.75, 3.05) is 23.9 Å². The number of hydrogen-bond donors (Lipinski definition) is 6. The lowest BCUT2D eigenvalue weighted by Crippen LogP contribution is -2.57. The minimum atomic E-state index is -1.58. The molecule has 5 atom stereocenters. The Morgan fingerprint density at radius 1 is 0.900 bits per heavy atom. The molecule has 12 nitrogen and oxygen atoms in total. The molecule has 0 bridgehead atoms. The standard InChI is InChI=1S/C36H34FN3O9S/c37-23-13-11-21(12-14-23)29(43)20-50-33-32(40(35(33)46)24-9-5-2-6-10-24)26-16-15-25(17-28(26)42)49-19-30(44)39-31(22-7-3-1-4-8-22)34(45)38-27(18-41)36(47)48/h1-17,27,29,31-33,41-43H,18-20H2,(H,38,45)(H,39,44)(H,47,48)/t27-,29?,31-,32?,33?/m1/s1. The zero-order chi connectivity index (χ0) is 35.8. The molecule has 1 fully saturated rings. The molecule has 0 spiro atoms. The van der Waals surface area contributed by atoms with Gasteiger partial charge in [-0.15, -0.1) is 11.8 Å². The van der Waals surface area contributed by atoms with Gasteiger partial charge in [0.15, 0.2) is 6.61 Å². The third-order valence-electron chi connectivity index (χ3n) is 7.96. The van der Waals surface area contributed by atoms with Gasteiger partial charge >= 0.3 is 5.97 Å². The molecule has 1 aliphatic heterocycles. The number of carbonyl (C=O) groups is 4. The van der Waals surface area contributed by atoms with Crippen LogP contribution in [0.15, 0.2) is 103 Å². The number of carboxylic acid groups (broad SMARTS) is 1. The number of thioether (sulfide) groups is 1. The van der Waals surface area contributed by atoms with Crippen molar-refractivity contribution in [3.05, 3.63) is 126 Å². The zero-order valence-electron chi connectivity index (χ0n) is 26.4. The van der Waals surface area contributed by atoms with Crippen molar-refractivity contribution in [1.29, 1.82) is 0 Å². The Balaban J connectivity index is 1.28. The van der Waals surface area contributed by atoms with E-state index in [1.54, 1.807) is 65.6 Å². The van der Waals surface area contributed by atoms with Gasteiger partial charge in [0, 0.05) is 23.1 Å². The second-order valence-electron chi connectivity index (χ2n) is 11.3. The van der Waals surface area contributed by atoms with Crippen molar-refractivity contribution in [1.82, 2.24) is 10.6 Å². The molecule has 5 rings (SSSR count). The number of aliphatic carboxylic acids is 1. The zero-order valence-corrected chi connectivity index (χ0v) is 27.2. The second-order valence-corrected chi connectivity index (χ2v) is 12.5. The fourth-order valence-electron chi connectivity index (χ4n) is 5.38. The Morgan fingerprint density at radius 3 is 2.18 bits per heavy atom. The lowest BCUT2D eigenvalue weighted by molar-refractivity contribution is -0.143. The molecule has 3 amide bonds. The van der Waals surface area contributed by atoms with Gasteiger partial charge in [0.2, 0.25) is 11.8 Å². The molecule has 0 aromatic heterocycles. The summed E-state index contributed by atoms with van der Waals surface area (Å²) >= 11 is 1.21. The van der Waals surface area contributed by atoms with E-state index >= 15 is 0 Å². The first-order valence-electron chi connectivity index (χ1n) is 15.4.